The number of halogens is 2. The molecule has 0 saturated carbocycles. The zero-order valence-corrected chi connectivity index (χ0v) is 17.1. The van der Waals surface area contributed by atoms with Crippen molar-refractivity contribution in [3.05, 3.63) is 75.7 Å². The molecule has 2 heterocycles. The van der Waals surface area contributed by atoms with E-state index in [2.05, 4.69) is 26.2 Å². The highest BCUT2D eigenvalue weighted by Crippen LogP contribution is 2.34. The molecule has 1 aromatic heterocycles. The van der Waals surface area contributed by atoms with Gasteiger partial charge in [0.2, 0.25) is 5.89 Å². The average molecular weight is 461 g/mol. The van der Waals surface area contributed by atoms with Crippen LogP contribution < -0.4 is 5.32 Å². The lowest BCUT2D eigenvalue weighted by Gasteiger charge is -2.23. The maximum Gasteiger partial charge on any atom is 0.325 e. The summed E-state index contributed by atoms with van der Waals surface area (Å²) in [6.07, 6.45) is 1.55. The van der Waals surface area contributed by atoms with Crippen LogP contribution in [0.25, 0.3) is 11.3 Å². The van der Waals surface area contributed by atoms with Crippen LogP contribution in [0.2, 0.25) is 5.02 Å². The summed E-state index contributed by atoms with van der Waals surface area (Å²) in [6.45, 7) is 1.62. The van der Waals surface area contributed by atoms with Crippen LogP contribution in [0.1, 0.15) is 18.4 Å². The molecular weight excluding hydrogens is 446 g/mol. The maximum absolute atomic E-state index is 13.1. The molecule has 2 aromatic carbocycles. The van der Waals surface area contributed by atoms with Gasteiger partial charge in [0.25, 0.3) is 5.91 Å². The summed E-state index contributed by atoms with van der Waals surface area (Å²) in [5.74, 6) is 0.403. The molecule has 0 bridgehead atoms. The minimum Gasteiger partial charge on any atom is -0.439 e. The molecule has 3 aromatic rings. The fourth-order valence-electron chi connectivity index (χ4n) is 3.18. The van der Waals surface area contributed by atoms with Crippen molar-refractivity contribution in [2.24, 2.45) is 0 Å². The first-order valence-electron chi connectivity index (χ1n) is 8.48. The normalized spacial score (nSPS) is 19.2. The Morgan fingerprint density at radius 3 is 2.75 bits per heavy atom. The van der Waals surface area contributed by atoms with Crippen LogP contribution in [0.3, 0.4) is 0 Å². The molecule has 3 amide bonds. The molecule has 1 aliphatic rings. The molecule has 28 heavy (non-hydrogen) atoms. The quantitative estimate of drug-likeness (QED) is 0.571. The SMILES string of the molecule is CC1(c2ccccc2Br)NC(=O)N(Cc2ncc(-c3cccc(Cl)c3)o2)C1=O. The number of carbonyl (C=O) groups excluding carboxylic acids is 2. The van der Waals surface area contributed by atoms with Crippen LogP contribution in [0, 0.1) is 0 Å². The molecule has 1 fully saturated rings. The van der Waals surface area contributed by atoms with Crippen molar-refractivity contribution in [1.82, 2.24) is 15.2 Å². The number of hydrogen-bond donors (Lipinski definition) is 1. The van der Waals surface area contributed by atoms with E-state index in [1.165, 1.54) is 0 Å². The van der Waals surface area contributed by atoms with Crippen molar-refractivity contribution in [2.75, 3.05) is 0 Å². The van der Waals surface area contributed by atoms with Crippen LogP contribution in [-0.2, 0) is 16.9 Å². The van der Waals surface area contributed by atoms with Crippen LogP contribution in [0.5, 0.6) is 0 Å². The van der Waals surface area contributed by atoms with Gasteiger partial charge in [-0.05, 0) is 25.1 Å². The van der Waals surface area contributed by atoms with Gasteiger partial charge < -0.3 is 9.73 Å². The highest BCUT2D eigenvalue weighted by molar-refractivity contribution is 9.10. The topological polar surface area (TPSA) is 75.4 Å². The number of urea groups is 1. The molecule has 8 heteroatoms. The lowest BCUT2D eigenvalue weighted by molar-refractivity contribution is -0.131. The number of hydrogen-bond acceptors (Lipinski definition) is 4. The standard InChI is InChI=1S/C20H15BrClN3O3/c1-20(14-7-2-3-8-15(14)21)18(26)25(19(27)24-20)11-17-23-10-16(28-17)12-5-4-6-13(22)9-12/h2-10H,11H2,1H3,(H,24,27). The summed E-state index contributed by atoms with van der Waals surface area (Å²) < 4.78 is 6.47. The Labute approximate surface area is 174 Å². The first kappa shape index (κ1) is 18.7. The number of imide groups is 1. The van der Waals surface area contributed by atoms with Gasteiger partial charge in [0.15, 0.2) is 5.76 Å². The molecule has 0 spiro atoms. The van der Waals surface area contributed by atoms with Crippen LogP contribution in [-0.4, -0.2) is 21.8 Å². The maximum atomic E-state index is 13.1. The van der Waals surface area contributed by atoms with Gasteiger partial charge in [-0.25, -0.2) is 9.78 Å². The summed E-state index contributed by atoms with van der Waals surface area (Å²) >= 11 is 9.45. The Balaban J connectivity index is 1.59. The van der Waals surface area contributed by atoms with Gasteiger partial charge in [0, 0.05) is 20.6 Å². The van der Waals surface area contributed by atoms with Gasteiger partial charge in [0.05, 0.1) is 6.20 Å². The molecule has 1 unspecified atom stereocenters. The van der Waals surface area contributed by atoms with Gasteiger partial charge >= 0.3 is 6.03 Å². The number of oxazole rings is 1. The highest BCUT2D eigenvalue weighted by atomic mass is 79.9. The smallest absolute Gasteiger partial charge is 0.325 e. The Morgan fingerprint density at radius 2 is 2.00 bits per heavy atom. The fourth-order valence-corrected chi connectivity index (χ4v) is 4.06. The highest BCUT2D eigenvalue weighted by Gasteiger charge is 2.50. The van der Waals surface area contributed by atoms with Crippen LogP contribution >= 0.6 is 27.5 Å². The van der Waals surface area contributed by atoms with Gasteiger partial charge in [-0.2, -0.15) is 0 Å². The van der Waals surface area contributed by atoms with Crippen molar-refractivity contribution in [3.63, 3.8) is 0 Å². The number of aromatic nitrogens is 1. The van der Waals surface area contributed by atoms with Gasteiger partial charge in [-0.15, -0.1) is 0 Å². The fraction of sp³-hybridized carbons (Fsp3) is 0.150. The van der Waals surface area contributed by atoms with Gasteiger partial charge in [-0.1, -0.05) is 57.9 Å². The van der Waals surface area contributed by atoms with E-state index in [0.29, 0.717) is 16.3 Å². The van der Waals surface area contributed by atoms with Crippen molar-refractivity contribution < 1.29 is 14.0 Å². The second kappa shape index (κ2) is 7.07. The minimum absolute atomic E-state index is 0.0642. The van der Waals surface area contributed by atoms with Crippen LogP contribution in [0.15, 0.2) is 63.6 Å². The number of carbonyl (C=O) groups is 2. The Hall–Kier alpha value is -2.64. The summed E-state index contributed by atoms with van der Waals surface area (Å²) in [7, 11) is 0. The van der Waals surface area contributed by atoms with E-state index in [4.69, 9.17) is 16.0 Å². The van der Waals surface area contributed by atoms with E-state index in [1.54, 1.807) is 37.4 Å². The Morgan fingerprint density at radius 1 is 1.21 bits per heavy atom. The third-order valence-electron chi connectivity index (χ3n) is 4.64. The molecule has 1 saturated heterocycles. The second-order valence-corrected chi connectivity index (χ2v) is 7.85. The predicted molar refractivity (Wildman–Crippen MR) is 108 cm³/mol. The van der Waals surface area contributed by atoms with Crippen molar-refractivity contribution >= 4 is 39.5 Å². The Kier molecular flexibility index (Phi) is 4.72. The van der Waals surface area contributed by atoms with E-state index in [1.807, 2.05) is 24.3 Å². The van der Waals surface area contributed by atoms with Crippen LogP contribution in [0.4, 0.5) is 4.79 Å². The summed E-state index contributed by atoms with van der Waals surface area (Å²) in [5.41, 5.74) is 0.281. The first-order chi connectivity index (χ1) is 13.4. The molecule has 0 aliphatic carbocycles. The van der Waals surface area contributed by atoms with E-state index >= 15 is 0 Å². The van der Waals surface area contributed by atoms with E-state index in [0.717, 1.165) is 14.9 Å². The number of nitrogens with one attached hydrogen (secondary N) is 1. The first-order valence-corrected chi connectivity index (χ1v) is 9.65. The second-order valence-electron chi connectivity index (χ2n) is 6.55. The average Bonchev–Trinajstić information content (AvgIpc) is 3.22. The van der Waals surface area contributed by atoms with Crippen molar-refractivity contribution in [1.29, 1.82) is 0 Å². The van der Waals surface area contributed by atoms with Gasteiger partial charge in [-0.3, -0.25) is 9.69 Å². The number of benzene rings is 2. The molecule has 0 radical (unpaired) electrons. The molecule has 1 N–H and O–H groups in total. The Bertz CT molecular complexity index is 1080. The lowest BCUT2D eigenvalue weighted by Crippen LogP contribution is -2.41. The van der Waals surface area contributed by atoms with Crippen molar-refractivity contribution in [3.8, 4) is 11.3 Å². The molecular formula is C20H15BrClN3O3. The molecule has 6 nitrogen and oxygen atoms in total. The predicted octanol–water partition coefficient (Wildman–Crippen LogP) is 4.72. The molecule has 4 rings (SSSR count). The van der Waals surface area contributed by atoms with E-state index in [-0.39, 0.29) is 18.3 Å². The molecule has 142 valence electrons. The lowest BCUT2D eigenvalue weighted by atomic mass is 9.92. The van der Waals surface area contributed by atoms with E-state index in [9.17, 15) is 9.59 Å². The third kappa shape index (κ3) is 3.21. The van der Waals surface area contributed by atoms with E-state index < -0.39 is 11.6 Å². The zero-order valence-electron chi connectivity index (χ0n) is 14.8. The summed E-state index contributed by atoms with van der Waals surface area (Å²) in [4.78, 5) is 30.9. The third-order valence-corrected chi connectivity index (χ3v) is 5.57. The zero-order chi connectivity index (χ0) is 19.9. The summed E-state index contributed by atoms with van der Waals surface area (Å²) in [5, 5.41) is 3.35. The molecule has 1 aliphatic heterocycles. The van der Waals surface area contributed by atoms with Crippen molar-refractivity contribution in [2.45, 2.75) is 19.0 Å². The molecule has 1 atom stereocenters. The minimum atomic E-state index is -1.17. The summed E-state index contributed by atoms with van der Waals surface area (Å²) in [6, 6.07) is 14.0. The van der Waals surface area contributed by atoms with Gasteiger partial charge in [0.1, 0.15) is 12.1 Å². The number of amides is 3. The monoisotopic (exact) mass is 459 g/mol. The largest absolute Gasteiger partial charge is 0.439 e. The number of rotatable bonds is 4. The number of nitrogens with zero attached hydrogens (tertiary/aromatic N) is 2.